The summed E-state index contributed by atoms with van der Waals surface area (Å²) in [5.41, 5.74) is 3.48. The molecule has 0 saturated carbocycles. The molecule has 0 atom stereocenters. The van der Waals surface area contributed by atoms with Gasteiger partial charge >= 0.3 is 0 Å². The maximum Gasteiger partial charge on any atom is 0.271 e. The first-order chi connectivity index (χ1) is 15.0. The first-order valence-corrected chi connectivity index (χ1v) is 10.3. The molecule has 160 valence electrons. The van der Waals surface area contributed by atoms with Crippen molar-refractivity contribution in [2.45, 2.75) is 19.8 Å². The summed E-state index contributed by atoms with van der Waals surface area (Å²) in [6.07, 6.45) is 2.90. The van der Waals surface area contributed by atoms with E-state index in [0.717, 1.165) is 5.56 Å². The number of pyridine rings is 1. The van der Waals surface area contributed by atoms with Crippen LogP contribution in [0.1, 0.15) is 28.9 Å². The third kappa shape index (κ3) is 4.58. The predicted molar refractivity (Wildman–Crippen MR) is 117 cm³/mol. The van der Waals surface area contributed by atoms with Crippen LogP contribution < -0.4 is 10.1 Å². The number of carbonyl (C=O) groups excluding carboxylic acids is 2. The number of aryl methyl sites for hydroxylation is 1. The minimum Gasteiger partial charge on any atom is -0.495 e. The van der Waals surface area contributed by atoms with E-state index in [9.17, 15) is 9.59 Å². The number of benzene rings is 1. The molecule has 1 aliphatic rings. The van der Waals surface area contributed by atoms with E-state index in [1.54, 1.807) is 24.3 Å². The molecule has 1 aromatic carbocycles. The summed E-state index contributed by atoms with van der Waals surface area (Å²) in [4.78, 5) is 31.6. The number of aromatic nitrogens is 3. The number of likely N-dealkylation sites (tertiary alicyclic amines) is 1. The maximum atomic E-state index is 12.9. The number of aromatic amines is 1. The number of hydrogen-bond acceptors (Lipinski definition) is 5. The second kappa shape index (κ2) is 8.99. The van der Waals surface area contributed by atoms with Crippen LogP contribution in [0.4, 0.5) is 5.69 Å². The minimum absolute atomic E-state index is 0.0463. The third-order valence-electron chi connectivity index (χ3n) is 5.50. The summed E-state index contributed by atoms with van der Waals surface area (Å²) in [7, 11) is 1.58. The van der Waals surface area contributed by atoms with E-state index >= 15 is 0 Å². The molecule has 8 heteroatoms. The molecule has 4 rings (SSSR count). The van der Waals surface area contributed by atoms with E-state index in [4.69, 9.17) is 4.74 Å². The molecular formula is C23H25N5O3. The molecule has 1 aliphatic heterocycles. The van der Waals surface area contributed by atoms with Gasteiger partial charge < -0.3 is 15.0 Å². The van der Waals surface area contributed by atoms with Crippen molar-refractivity contribution in [1.82, 2.24) is 20.1 Å². The van der Waals surface area contributed by atoms with E-state index in [1.807, 2.05) is 43.3 Å². The van der Waals surface area contributed by atoms with Crippen LogP contribution in [-0.4, -0.2) is 52.1 Å². The Morgan fingerprint density at radius 2 is 1.94 bits per heavy atom. The van der Waals surface area contributed by atoms with Gasteiger partial charge in [-0.1, -0.05) is 12.1 Å². The summed E-state index contributed by atoms with van der Waals surface area (Å²) in [6.45, 7) is 2.99. The van der Waals surface area contributed by atoms with E-state index in [-0.39, 0.29) is 17.7 Å². The Labute approximate surface area is 180 Å². The number of nitrogens with zero attached hydrogens (tertiary/aromatic N) is 3. The molecule has 0 unspecified atom stereocenters. The molecule has 2 N–H and O–H groups in total. The highest BCUT2D eigenvalue weighted by Crippen LogP contribution is 2.27. The quantitative estimate of drug-likeness (QED) is 0.661. The number of ether oxygens (including phenoxy) is 1. The topological polar surface area (TPSA) is 100 Å². The highest BCUT2D eigenvalue weighted by Gasteiger charge is 2.29. The summed E-state index contributed by atoms with van der Waals surface area (Å²) < 4.78 is 5.34. The van der Waals surface area contributed by atoms with Gasteiger partial charge in [0.05, 0.1) is 18.5 Å². The first-order valence-electron chi connectivity index (χ1n) is 10.3. The first kappa shape index (κ1) is 20.6. The van der Waals surface area contributed by atoms with Crippen LogP contribution in [0.3, 0.4) is 0 Å². The monoisotopic (exact) mass is 419 g/mol. The second-order valence-corrected chi connectivity index (χ2v) is 7.64. The van der Waals surface area contributed by atoms with Gasteiger partial charge in [-0.2, -0.15) is 5.10 Å². The molecule has 1 fully saturated rings. The Hall–Kier alpha value is -3.68. The van der Waals surface area contributed by atoms with Crippen LogP contribution in [0, 0.1) is 12.8 Å². The number of carbonyl (C=O) groups is 2. The van der Waals surface area contributed by atoms with Crippen molar-refractivity contribution in [3.8, 4) is 17.1 Å². The number of methoxy groups -OCH3 is 1. The standard InChI is InChI=1S/C23H25N5O3/c1-15-6-7-21(31-2)19(13-15)25-22(29)16-8-11-28(12-9-16)23(30)20-14-18(26-27-20)17-5-3-4-10-24-17/h3-7,10,13-14,16H,8-9,11-12H2,1-2H3,(H,25,29)(H,26,27). The van der Waals surface area contributed by atoms with Crippen molar-refractivity contribution < 1.29 is 14.3 Å². The van der Waals surface area contributed by atoms with E-state index < -0.39 is 0 Å². The summed E-state index contributed by atoms with van der Waals surface area (Å²) in [6, 6.07) is 12.9. The molecule has 0 aliphatic carbocycles. The highest BCUT2D eigenvalue weighted by molar-refractivity contribution is 5.95. The minimum atomic E-state index is -0.153. The van der Waals surface area contributed by atoms with Gasteiger partial charge in [0.25, 0.3) is 5.91 Å². The van der Waals surface area contributed by atoms with Crippen molar-refractivity contribution in [3.05, 3.63) is 59.9 Å². The molecule has 3 heterocycles. The molecule has 8 nitrogen and oxygen atoms in total. The summed E-state index contributed by atoms with van der Waals surface area (Å²) >= 11 is 0. The van der Waals surface area contributed by atoms with Gasteiger partial charge in [0.15, 0.2) is 0 Å². The van der Waals surface area contributed by atoms with E-state index in [0.29, 0.717) is 54.4 Å². The maximum absolute atomic E-state index is 12.9. The lowest BCUT2D eigenvalue weighted by atomic mass is 9.95. The van der Waals surface area contributed by atoms with Crippen molar-refractivity contribution in [2.24, 2.45) is 5.92 Å². The number of anilines is 1. The van der Waals surface area contributed by atoms with Crippen LogP contribution in [0.15, 0.2) is 48.7 Å². The van der Waals surface area contributed by atoms with Gasteiger partial charge in [-0.15, -0.1) is 0 Å². The van der Waals surface area contributed by atoms with Crippen molar-refractivity contribution in [2.75, 3.05) is 25.5 Å². The fourth-order valence-electron chi connectivity index (χ4n) is 3.75. The molecule has 2 aromatic heterocycles. The molecule has 31 heavy (non-hydrogen) atoms. The number of hydrogen-bond donors (Lipinski definition) is 2. The number of H-pyrrole nitrogens is 1. The van der Waals surface area contributed by atoms with Gasteiger partial charge in [0.2, 0.25) is 5.91 Å². The zero-order chi connectivity index (χ0) is 21.8. The largest absolute Gasteiger partial charge is 0.495 e. The van der Waals surface area contributed by atoms with Crippen LogP contribution in [0.25, 0.3) is 11.4 Å². The average Bonchev–Trinajstić information content (AvgIpc) is 3.30. The molecule has 0 bridgehead atoms. The lowest BCUT2D eigenvalue weighted by molar-refractivity contribution is -0.121. The van der Waals surface area contributed by atoms with Crippen molar-refractivity contribution in [3.63, 3.8) is 0 Å². The fourth-order valence-corrected chi connectivity index (χ4v) is 3.75. The number of amides is 2. The number of nitrogens with one attached hydrogen (secondary N) is 2. The highest BCUT2D eigenvalue weighted by atomic mass is 16.5. The Morgan fingerprint density at radius 3 is 2.65 bits per heavy atom. The number of piperidine rings is 1. The van der Waals surface area contributed by atoms with Gasteiger partial charge in [-0.25, -0.2) is 0 Å². The zero-order valence-corrected chi connectivity index (χ0v) is 17.6. The lowest BCUT2D eigenvalue weighted by Crippen LogP contribution is -2.41. The van der Waals surface area contributed by atoms with Gasteiger partial charge in [0.1, 0.15) is 17.1 Å². The molecular weight excluding hydrogens is 394 g/mol. The van der Waals surface area contributed by atoms with Gasteiger partial charge in [-0.3, -0.25) is 19.7 Å². The van der Waals surface area contributed by atoms with Crippen LogP contribution >= 0.6 is 0 Å². The normalized spacial score (nSPS) is 14.3. The van der Waals surface area contributed by atoms with Gasteiger partial charge in [0, 0.05) is 25.2 Å². The Balaban J connectivity index is 1.35. The molecule has 1 saturated heterocycles. The average molecular weight is 419 g/mol. The smallest absolute Gasteiger partial charge is 0.271 e. The SMILES string of the molecule is COc1ccc(C)cc1NC(=O)C1CCN(C(=O)c2cc(-c3ccccn3)n[nH]2)CC1. The number of rotatable bonds is 5. The molecule has 0 radical (unpaired) electrons. The third-order valence-corrected chi connectivity index (χ3v) is 5.50. The summed E-state index contributed by atoms with van der Waals surface area (Å²) in [5, 5.41) is 10.00. The van der Waals surface area contributed by atoms with E-state index in [1.165, 1.54) is 0 Å². The molecule has 0 spiro atoms. The van der Waals surface area contributed by atoms with Crippen molar-refractivity contribution >= 4 is 17.5 Å². The second-order valence-electron chi connectivity index (χ2n) is 7.64. The molecule has 2 amide bonds. The van der Waals surface area contributed by atoms with Crippen LogP contribution in [0.2, 0.25) is 0 Å². The lowest BCUT2D eigenvalue weighted by Gasteiger charge is -2.31. The Morgan fingerprint density at radius 1 is 1.13 bits per heavy atom. The Kier molecular flexibility index (Phi) is 5.97. The fraction of sp³-hybridized carbons (Fsp3) is 0.304. The zero-order valence-electron chi connectivity index (χ0n) is 17.6. The Bertz CT molecular complexity index is 1070. The summed E-state index contributed by atoms with van der Waals surface area (Å²) in [5.74, 6) is 0.318. The molecule has 3 aromatic rings. The van der Waals surface area contributed by atoms with Crippen LogP contribution in [-0.2, 0) is 4.79 Å². The van der Waals surface area contributed by atoms with Crippen LogP contribution in [0.5, 0.6) is 5.75 Å². The van der Waals surface area contributed by atoms with E-state index in [2.05, 4.69) is 20.5 Å². The predicted octanol–water partition coefficient (Wildman–Crippen LogP) is 3.28. The van der Waals surface area contributed by atoms with Crippen molar-refractivity contribution in [1.29, 1.82) is 0 Å². The van der Waals surface area contributed by atoms with Gasteiger partial charge in [-0.05, 0) is 55.7 Å².